The number of nitrogens with two attached hydrogens (primary N) is 1. The predicted molar refractivity (Wildman–Crippen MR) is 272 cm³/mol. The van der Waals surface area contributed by atoms with E-state index < -0.39 is 11.8 Å². The van der Waals surface area contributed by atoms with Crippen LogP contribution in [0.2, 0.25) is 5.02 Å². The first-order valence-electron chi connectivity index (χ1n) is 23.5. The van der Waals surface area contributed by atoms with E-state index in [4.69, 9.17) is 36.0 Å². The number of rotatable bonds is 21. The Hall–Kier alpha value is -8.21. The van der Waals surface area contributed by atoms with Gasteiger partial charge in [0.05, 0.1) is 38.3 Å². The van der Waals surface area contributed by atoms with Crippen molar-refractivity contribution in [3.05, 3.63) is 112 Å². The lowest BCUT2D eigenvalue weighted by atomic mass is 9.98. The SMILES string of the molecule is COC(=O)[C@@H]1CCCCN1Cc1cnc(C(=O)Nc2cccc(-c3cccc(NC(=O)c4cc(OC)c(CNCCNC(=O)CCCNc5nc(N)n6nc(-c7ccco7)nc6n5)cn4)c3C)c2Cl)cc1OC. The van der Waals surface area contributed by atoms with Crippen molar-refractivity contribution < 1.29 is 37.8 Å². The summed E-state index contributed by atoms with van der Waals surface area (Å²) in [6.45, 7) is 4.64. The number of carbonyl (C=O) groups is 4. The van der Waals surface area contributed by atoms with Crippen molar-refractivity contribution in [2.45, 2.75) is 58.2 Å². The van der Waals surface area contributed by atoms with Crippen molar-refractivity contribution in [1.82, 2.24) is 50.1 Å². The first-order valence-corrected chi connectivity index (χ1v) is 23.9. The van der Waals surface area contributed by atoms with Gasteiger partial charge < -0.3 is 50.9 Å². The number of anilines is 4. The van der Waals surface area contributed by atoms with Crippen molar-refractivity contribution >= 4 is 64.3 Å². The Labute approximate surface area is 424 Å². The minimum atomic E-state index is -0.498. The summed E-state index contributed by atoms with van der Waals surface area (Å²) in [7, 11) is 4.42. The van der Waals surface area contributed by atoms with Crippen LogP contribution < -0.4 is 41.8 Å². The maximum atomic E-state index is 13.6. The highest BCUT2D eigenvalue weighted by molar-refractivity contribution is 6.36. The maximum absolute atomic E-state index is 13.6. The molecule has 5 aromatic heterocycles. The molecule has 23 heteroatoms. The molecule has 0 saturated carbocycles. The lowest BCUT2D eigenvalue weighted by Gasteiger charge is -2.33. The minimum Gasteiger partial charge on any atom is -0.496 e. The number of halogens is 1. The molecule has 1 fully saturated rings. The number of nitrogens with one attached hydrogen (secondary N) is 5. The van der Waals surface area contributed by atoms with Gasteiger partial charge in [-0.15, -0.1) is 5.10 Å². The number of nitrogens with zero attached hydrogens (tertiary/aromatic N) is 8. The molecule has 3 amide bonds. The van der Waals surface area contributed by atoms with Crippen LogP contribution in [0.5, 0.6) is 11.5 Å². The van der Waals surface area contributed by atoms with Gasteiger partial charge in [0.25, 0.3) is 17.6 Å². The zero-order chi connectivity index (χ0) is 51.4. The number of benzene rings is 2. The molecule has 1 aliphatic heterocycles. The van der Waals surface area contributed by atoms with Gasteiger partial charge in [-0.05, 0) is 68.1 Å². The van der Waals surface area contributed by atoms with E-state index in [1.165, 1.54) is 32.1 Å². The molecule has 73 heavy (non-hydrogen) atoms. The number of methoxy groups -OCH3 is 3. The van der Waals surface area contributed by atoms with Gasteiger partial charge in [0.2, 0.25) is 23.6 Å². The average molecular weight is 1020 g/mol. The summed E-state index contributed by atoms with van der Waals surface area (Å²) in [4.78, 5) is 76.0. The number of ether oxygens (including phenoxy) is 3. The number of esters is 1. The van der Waals surface area contributed by atoms with Crippen LogP contribution in [0.25, 0.3) is 28.5 Å². The fourth-order valence-corrected chi connectivity index (χ4v) is 8.61. The molecule has 0 unspecified atom stereocenters. The average Bonchev–Trinajstić information content (AvgIpc) is 4.11. The molecular formula is C50H55ClN14O8. The Kier molecular flexibility index (Phi) is 16.7. The number of furan rings is 1. The van der Waals surface area contributed by atoms with Gasteiger partial charge in [0, 0.05) is 86.0 Å². The third-order valence-corrected chi connectivity index (χ3v) is 12.6. The smallest absolute Gasteiger partial charge is 0.323 e. The fourth-order valence-electron chi connectivity index (χ4n) is 8.33. The van der Waals surface area contributed by atoms with Crippen molar-refractivity contribution in [2.24, 2.45) is 0 Å². The van der Waals surface area contributed by atoms with Crippen LogP contribution in [-0.2, 0) is 27.4 Å². The Morgan fingerprint density at radius 1 is 0.836 bits per heavy atom. The zero-order valence-electron chi connectivity index (χ0n) is 40.7. The molecule has 7 aromatic rings. The molecule has 0 radical (unpaired) electrons. The number of pyridine rings is 2. The summed E-state index contributed by atoms with van der Waals surface area (Å²) >= 11 is 6.98. The Morgan fingerprint density at radius 3 is 2.27 bits per heavy atom. The van der Waals surface area contributed by atoms with E-state index in [2.05, 4.69) is 56.6 Å². The van der Waals surface area contributed by atoms with Crippen molar-refractivity contribution in [3.63, 3.8) is 0 Å². The minimum absolute atomic E-state index is 0.103. The fraction of sp³-hybridized carbons (Fsp3) is 0.320. The molecule has 22 nitrogen and oxygen atoms in total. The van der Waals surface area contributed by atoms with E-state index >= 15 is 0 Å². The second-order valence-corrected chi connectivity index (χ2v) is 17.3. The molecule has 0 spiro atoms. The molecule has 0 aliphatic carbocycles. The van der Waals surface area contributed by atoms with E-state index in [-0.39, 0.29) is 58.4 Å². The second kappa shape index (κ2) is 23.8. The monoisotopic (exact) mass is 1010 g/mol. The van der Waals surface area contributed by atoms with Gasteiger partial charge in [-0.3, -0.25) is 34.0 Å². The number of hydrogen-bond acceptors (Lipinski definition) is 18. The van der Waals surface area contributed by atoms with E-state index in [0.29, 0.717) is 85.6 Å². The lowest BCUT2D eigenvalue weighted by molar-refractivity contribution is -0.148. The molecule has 380 valence electrons. The Morgan fingerprint density at radius 2 is 1.55 bits per heavy atom. The zero-order valence-corrected chi connectivity index (χ0v) is 41.4. The van der Waals surface area contributed by atoms with Crippen LogP contribution in [0, 0.1) is 6.92 Å². The van der Waals surface area contributed by atoms with Gasteiger partial charge in [0.1, 0.15) is 28.9 Å². The van der Waals surface area contributed by atoms with Crippen molar-refractivity contribution in [1.29, 1.82) is 0 Å². The lowest BCUT2D eigenvalue weighted by Crippen LogP contribution is -2.44. The number of piperidine rings is 1. The van der Waals surface area contributed by atoms with Gasteiger partial charge in [-0.1, -0.05) is 42.3 Å². The number of likely N-dealkylation sites (tertiary alicyclic amines) is 1. The van der Waals surface area contributed by atoms with Gasteiger partial charge >= 0.3 is 5.97 Å². The summed E-state index contributed by atoms with van der Waals surface area (Å²) in [6.07, 6.45) is 8.07. The number of aromatic nitrogens is 7. The number of hydrogen-bond donors (Lipinski definition) is 6. The van der Waals surface area contributed by atoms with Crippen LogP contribution in [0.1, 0.15) is 69.8 Å². The number of carbonyl (C=O) groups excluding carboxylic acids is 4. The topological polar surface area (TPSA) is 280 Å². The molecule has 1 aliphatic rings. The summed E-state index contributed by atoms with van der Waals surface area (Å²) in [5.74, 6) is 1.02. The molecule has 0 bridgehead atoms. The van der Waals surface area contributed by atoms with E-state index in [9.17, 15) is 19.2 Å². The highest BCUT2D eigenvalue weighted by Gasteiger charge is 2.30. The van der Waals surface area contributed by atoms with Crippen molar-refractivity contribution in [3.8, 4) is 34.2 Å². The van der Waals surface area contributed by atoms with E-state index in [0.717, 1.165) is 41.6 Å². The van der Waals surface area contributed by atoms with E-state index in [1.807, 2.05) is 24.0 Å². The number of fused-ring (bicyclic) bond motifs is 1. The predicted octanol–water partition coefficient (Wildman–Crippen LogP) is 5.93. The highest BCUT2D eigenvalue weighted by atomic mass is 35.5. The van der Waals surface area contributed by atoms with Crippen LogP contribution >= 0.6 is 11.6 Å². The Balaban J connectivity index is 0.804. The molecule has 1 atom stereocenters. The summed E-state index contributed by atoms with van der Waals surface area (Å²) in [6, 6.07) is 17.0. The first kappa shape index (κ1) is 51.2. The van der Waals surface area contributed by atoms with Crippen molar-refractivity contribution in [2.75, 3.05) is 69.2 Å². The van der Waals surface area contributed by atoms with Gasteiger partial charge in [-0.25, -0.2) is 0 Å². The molecule has 2 aromatic carbocycles. The van der Waals surface area contributed by atoms with Crippen LogP contribution in [0.3, 0.4) is 0 Å². The van der Waals surface area contributed by atoms with Crippen LogP contribution in [-0.4, -0.2) is 117 Å². The standard InChI is InChI=1S/C50H55ClN14O8/c1-29-32(33-12-8-14-35(43(33)51)59-46(68)37-24-41(71-3)31(27-57-37)28-64-21-6-5-15-38(64)47(69)72-4)11-7-13-34(29)58-45(67)36-23-40(70-2)30(26-56-36)25-53-19-20-54-42(66)17-9-18-55-49-61-48(52)65-50(62-49)60-44(63-65)39-16-10-22-73-39/h7-8,10-14,16,22-24,26-27,38,53H,5-6,9,15,17-21,25,28H2,1-4H3,(H,54,66)(H,58,67)(H,59,68)(H3,52,55,60,61,62,63)/t38-/m0/s1. The normalized spacial score (nSPS) is 13.6. The quantitative estimate of drug-likeness (QED) is 0.0359. The number of amides is 3. The largest absolute Gasteiger partial charge is 0.496 e. The van der Waals surface area contributed by atoms with Crippen LogP contribution in [0.15, 0.2) is 83.7 Å². The summed E-state index contributed by atoms with van der Waals surface area (Å²) in [5, 5.41) is 19.7. The maximum Gasteiger partial charge on any atom is 0.323 e. The highest BCUT2D eigenvalue weighted by Crippen LogP contribution is 2.38. The summed E-state index contributed by atoms with van der Waals surface area (Å²) in [5.41, 5.74) is 10.7. The third kappa shape index (κ3) is 12.3. The third-order valence-electron chi connectivity index (χ3n) is 12.2. The Bertz CT molecular complexity index is 3110. The van der Waals surface area contributed by atoms with E-state index in [1.54, 1.807) is 60.9 Å². The van der Waals surface area contributed by atoms with Crippen LogP contribution in [0.4, 0.5) is 23.3 Å². The first-order chi connectivity index (χ1) is 35.4. The molecule has 7 N–H and O–H groups in total. The molecule has 6 heterocycles. The molecular weight excluding hydrogens is 960 g/mol. The van der Waals surface area contributed by atoms with Gasteiger partial charge in [-0.2, -0.15) is 19.5 Å². The molecule has 8 rings (SSSR count). The molecule has 1 saturated heterocycles. The van der Waals surface area contributed by atoms with Gasteiger partial charge in [0.15, 0.2) is 5.76 Å². The second-order valence-electron chi connectivity index (χ2n) is 16.9. The summed E-state index contributed by atoms with van der Waals surface area (Å²) < 4.78 is 23.0. The number of nitrogen functional groups attached to an aromatic ring is 1.